The van der Waals surface area contributed by atoms with Crippen LogP contribution in [0.25, 0.3) is 0 Å². The van der Waals surface area contributed by atoms with Crippen molar-refractivity contribution in [3.63, 3.8) is 0 Å². The van der Waals surface area contributed by atoms with Crippen molar-refractivity contribution >= 4 is 5.97 Å². The predicted molar refractivity (Wildman–Crippen MR) is 59.3 cm³/mol. The number of methoxy groups -OCH3 is 2. The highest BCUT2D eigenvalue weighted by atomic mass is 16.5. The van der Waals surface area contributed by atoms with E-state index in [0.29, 0.717) is 19.8 Å². The lowest BCUT2D eigenvalue weighted by atomic mass is 10.1. The van der Waals surface area contributed by atoms with Crippen LogP contribution in [-0.4, -0.2) is 64.5 Å². The van der Waals surface area contributed by atoms with Crippen LogP contribution in [0.5, 0.6) is 0 Å². The van der Waals surface area contributed by atoms with Crippen molar-refractivity contribution in [1.82, 2.24) is 4.90 Å². The smallest absolute Gasteiger partial charge is 0.310 e. The zero-order chi connectivity index (χ0) is 11.8. The number of ether oxygens (including phenoxy) is 3. The van der Waals surface area contributed by atoms with Crippen molar-refractivity contribution in [2.24, 2.45) is 5.92 Å². The molecule has 16 heavy (non-hydrogen) atoms. The Labute approximate surface area is 96.6 Å². The van der Waals surface area contributed by atoms with E-state index in [1.165, 1.54) is 7.11 Å². The fourth-order valence-corrected chi connectivity index (χ4v) is 1.83. The molecule has 94 valence electrons. The Bertz CT molecular complexity index is 210. The van der Waals surface area contributed by atoms with E-state index in [4.69, 9.17) is 14.2 Å². The van der Waals surface area contributed by atoms with Crippen molar-refractivity contribution in [2.45, 2.75) is 6.42 Å². The first-order valence-corrected chi connectivity index (χ1v) is 5.64. The van der Waals surface area contributed by atoms with Crippen LogP contribution in [0.15, 0.2) is 0 Å². The van der Waals surface area contributed by atoms with Crippen LogP contribution >= 0.6 is 0 Å². The highest BCUT2D eigenvalue weighted by molar-refractivity contribution is 5.72. The lowest BCUT2D eigenvalue weighted by Gasteiger charge is -2.15. The van der Waals surface area contributed by atoms with E-state index in [-0.39, 0.29) is 11.9 Å². The number of hydrogen-bond acceptors (Lipinski definition) is 5. The average molecular weight is 231 g/mol. The molecule has 0 aromatic carbocycles. The van der Waals surface area contributed by atoms with Crippen molar-refractivity contribution in [3.8, 4) is 0 Å². The van der Waals surface area contributed by atoms with E-state index < -0.39 is 0 Å². The summed E-state index contributed by atoms with van der Waals surface area (Å²) in [7, 11) is 3.10. The molecule has 1 saturated heterocycles. The summed E-state index contributed by atoms with van der Waals surface area (Å²) in [6, 6.07) is 0. The summed E-state index contributed by atoms with van der Waals surface area (Å²) < 4.78 is 15.0. The second-order valence-corrected chi connectivity index (χ2v) is 3.91. The number of rotatable bonds is 7. The van der Waals surface area contributed by atoms with Gasteiger partial charge in [-0.2, -0.15) is 0 Å². The minimum absolute atomic E-state index is 0.0453. The monoisotopic (exact) mass is 231 g/mol. The molecule has 1 aliphatic heterocycles. The summed E-state index contributed by atoms with van der Waals surface area (Å²) in [6.45, 7) is 4.57. The molecule has 0 bridgehead atoms. The largest absolute Gasteiger partial charge is 0.469 e. The second-order valence-electron chi connectivity index (χ2n) is 3.91. The molecule has 0 aliphatic carbocycles. The van der Waals surface area contributed by atoms with Crippen LogP contribution in [-0.2, 0) is 19.0 Å². The molecule has 1 heterocycles. The van der Waals surface area contributed by atoms with Crippen molar-refractivity contribution < 1.29 is 19.0 Å². The summed E-state index contributed by atoms with van der Waals surface area (Å²) in [5.41, 5.74) is 0. The summed E-state index contributed by atoms with van der Waals surface area (Å²) in [5, 5.41) is 0. The molecule has 1 rings (SSSR count). The Morgan fingerprint density at radius 1 is 1.31 bits per heavy atom. The molecule has 1 unspecified atom stereocenters. The maximum atomic E-state index is 11.3. The zero-order valence-corrected chi connectivity index (χ0v) is 10.1. The lowest BCUT2D eigenvalue weighted by molar-refractivity contribution is -0.144. The molecule has 0 amide bonds. The first-order valence-electron chi connectivity index (χ1n) is 5.64. The highest BCUT2D eigenvalue weighted by Crippen LogP contribution is 2.16. The van der Waals surface area contributed by atoms with E-state index in [1.54, 1.807) is 7.11 Å². The van der Waals surface area contributed by atoms with Crippen LogP contribution in [0.3, 0.4) is 0 Å². The lowest BCUT2D eigenvalue weighted by Crippen LogP contribution is -2.27. The van der Waals surface area contributed by atoms with E-state index in [1.807, 2.05) is 0 Å². The predicted octanol–water partition coefficient (Wildman–Crippen LogP) is 0.144. The fourth-order valence-electron chi connectivity index (χ4n) is 1.83. The van der Waals surface area contributed by atoms with Crippen LogP contribution in [0.2, 0.25) is 0 Å². The summed E-state index contributed by atoms with van der Waals surface area (Å²) in [5.74, 6) is -0.0493. The van der Waals surface area contributed by atoms with Gasteiger partial charge in [0.25, 0.3) is 0 Å². The molecule has 1 atom stereocenters. The van der Waals surface area contributed by atoms with Gasteiger partial charge in [0.1, 0.15) is 0 Å². The van der Waals surface area contributed by atoms with Crippen LogP contribution in [0, 0.1) is 5.92 Å². The van der Waals surface area contributed by atoms with Gasteiger partial charge < -0.3 is 19.1 Å². The Balaban J connectivity index is 2.05. The minimum Gasteiger partial charge on any atom is -0.469 e. The third-order valence-electron chi connectivity index (χ3n) is 2.79. The Kier molecular flexibility index (Phi) is 6.37. The fraction of sp³-hybridized carbons (Fsp3) is 0.909. The van der Waals surface area contributed by atoms with Crippen LogP contribution in [0.4, 0.5) is 0 Å². The van der Waals surface area contributed by atoms with E-state index >= 15 is 0 Å². The Morgan fingerprint density at radius 2 is 2.12 bits per heavy atom. The molecule has 0 saturated carbocycles. The maximum absolute atomic E-state index is 11.3. The van der Waals surface area contributed by atoms with Gasteiger partial charge in [-0.05, 0) is 13.0 Å². The Hall–Kier alpha value is -0.650. The highest BCUT2D eigenvalue weighted by Gasteiger charge is 2.28. The number of carbonyl (C=O) groups is 1. The number of carbonyl (C=O) groups excluding carboxylic acids is 1. The third-order valence-corrected chi connectivity index (χ3v) is 2.79. The molecule has 5 nitrogen and oxygen atoms in total. The number of nitrogens with zero attached hydrogens (tertiary/aromatic N) is 1. The summed E-state index contributed by atoms with van der Waals surface area (Å²) >= 11 is 0. The maximum Gasteiger partial charge on any atom is 0.310 e. The van der Waals surface area contributed by atoms with Gasteiger partial charge >= 0.3 is 5.97 Å². The molecule has 5 heteroatoms. The normalized spacial score (nSPS) is 21.2. The molecule has 0 spiro atoms. The van der Waals surface area contributed by atoms with E-state index in [2.05, 4.69) is 4.90 Å². The molecule has 1 fully saturated rings. The summed E-state index contributed by atoms with van der Waals surface area (Å²) in [4.78, 5) is 13.5. The number of likely N-dealkylation sites (tertiary alicyclic amines) is 1. The van der Waals surface area contributed by atoms with Gasteiger partial charge in [0, 0.05) is 20.2 Å². The topological polar surface area (TPSA) is 48.0 Å². The molecule has 1 aliphatic rings. The van der Waals surface area contributed by atoms with Gasteiger partial charge in [-0.3, -0.25) is 4.79 Å². The zero-order valence-electron chi connectivity index (χ0n) is 10.1. The first-order chi connectivity index (χ1) is 7.77. The van der Waals surface area contributed by atoms with Gasteiger partial charge in [0.15, 0.2) is 0 Å². The second kappa shape index (κ2) is 7.60. The van der Waals surface area contributed by atoms with E-state index in [0.717, 1.165) is 26.1 Å². The van der Waals surface area contributed by atoms with E-state index in [9.17, 15) is 4.79 Å². The van der Waals surface area contributed by atoms with Crippen LogP contribution in [0.1, 0.15) is 6.42 Å². The SMILES string of the molecule is COCCOCCN1CCC(C(=O)OC)C1. The quantitative estimate of drug-likeness (QED) is 0.461. The standard InChI is InChI=1S/C11H21NO4/c1-14-7-8-16-6-5-12-4-3-10(9-12)11(13)15-2/h10H,3-9H2,1-2H3. The molecule has 0 aromatic heterocycles. The molecule has 0 radical (unpaired) electrons. The van der Waals surface area contributed by atoms with Gasteiger partial charge in [-0.15, -0.1) is 0 Å². The van der Waals surface area contributed by atoms with Crippen molar-refractivity contribution in [2.75, 3.05) is 53.7 Å². The Morgan fingerprint density at radius 3 is 2.81 bits per heavy atom. The van der Waals surface area contributed by atoms with Crippen molar-refractivity contribution in [1.29, 1.82) is 0 Å². The van der Waals surface area contributed by atoms with Gasteiger partial charge in [0.05, 0.1) is 32.8 Å². The molecule has 0 N–H and O–H groups in total. The first kappa shape index (κ1) is 13.4. The minimum atomic E-state index is -0.0946. The molecular formula is C11H21NO4. The number of hydrogen-bond donors (Lipinski definition) is 0. The van der Waals surface area contributed by atoms with Gasteiger partial charge in [-0.25, -0.2) is 0 Å². The summed E-state index contributed by atoms with van der Waals surface area (Å²) in [6.07, 6.45) is 0.894. The molecule has 0 aromatic rings. The number of esters is 1. The van der Waals surface area contributed by atoms with Gasteiger partial charge in [-0.1, -0.05) is 0 Å². The van der Waals surface area contributed by atoms with Crippen molar-refractivity contribution in [3.05, 3.63) is 0 Å². The average Bonchev–Trinajstić information content (AvgIpc) is 2.76. The van der Waals surface area contributed by atoms with Gasteiger partial charge in [0.2, 0.25) is 0 Å². The molecular weight excluding hydrogens is 210 g/mol. The third kappa shape index (κ3) is 4.47. The van der Waals surface area contributed by atoms with Crippen LogP contribution < -0.4 is 0 Å².